The number of alkyl halides is 2. The quantitative estimate of drug-likeness (QED) is 0.539. The third-order valence-corrected chi connectivity index (χ3v) is 4.16. The van der Waals surface area contributed by atoms with E-state index in [0.29, 0.717) is 17.2 Å². The van der Waals surface area contributed by atoms with Crippen molar-refractivity contribution in [1.29, 1.82) is 0 Å². The number of nitrogens with zero attached hydrogens (tertiary/aromatic N) is 2. The van der Waals surface area contributed by atoms with Gasteiger partial charge in [0.25, 0.3) is 5.91 Å². The van der Waals surface area contributed by atoms with Crippen LogP contribution in [0.2, 0.25) is 0 Å². The number of anilines is 1. The molecule has 0 aliphatic rings. The van der Waals surface area contributed by atoms with Gasteiger partial charge >= 0.3 is 6.61 Å². The third-order valence-electron chi connectivity index (χ3n) is 4.16. The molecule has 0 atom stereocenters. The van der Waals surface area contributed by atoms with Gasteiger partial charge in [0.05, 0.1) is 5.56 Å². The molecule has 2 aromatic heterocycles. The fourth-order valence-electron chi connectivity index (χ4n) is 2.94. The largest absolute Gasteiger partial charge is 0.434 e. The van der Waals surface area contributed by atoms with Crippen molar-refractivity contribution in [1.82, 2.24) is 9.38 Å². The summed E-state index contributed by atoms with van der Waals surface area (Å²) in [4.78, 5) is 17.5. The summed E-state index contributed by atoms with van der Waals surface area (Å²) < 4.78 is 31.5. The van der Waals surface area contributed by atoms with E-state index < -0.39 is 12.5 Å². The van der Waals surface area contributed by atoms with Crippen LogP contribution in [0.4, 0.5) is 14.6 Å². The number of imidazole rings is 1. The number of carbonyl (C=O) groups is 1. The number of ether oxygens (including phenoxy) is 1. The molecule has 4 rings (SSSR count). The molecular weight excluding hydrogens is 364 g/mol. The van der Waals surface area contributed by atoms with Crippen LogP contribution in [-0.4, -0.2) is 21.9 Å². The molecule has 0 fully saturated rings. The molecular formula is C21H15F2N3O2. The first kappa shape index (κ1) is 17.7. The van der Waals surface area contributed by atoms with Crippen LogP contribution in [-0.2, 0) is 0 Å². The Morgan fingerprint density at radius 1 is 0.964 bits per heavy atom. The van der Waals surface area contributed by atoms with E-state index in [2.05, 4.69) is 15.0 Å². The molecule has 0 saturated heterocycles. The highest BCUT2D eigenvalue weighted by Crippen LogP contribution is 2.30. The van der Waals surface area contributed by atoms with Crippen molar-refractivity contribution >= 4 is 17.4 Å². The van der Waals surface area contributed by atoms with Gasteiger partial charge in [-0.15, -0.1) is 0 Å². The number of nitrogens with one attached hydrogen (secondary N) is 1. The molecule has 0 unspecified atom stereocenters. The molecule has 0 saturated carbocycles. The number of amides is 1. The molecule has 2 aromatic carbocycles. The molecule has 28 heavy (non-hydrogen) atoms. The fourth-order valence-corrected chi connectivity index (χ4v) is 2.94. The first-order chi connectivity index (χ1) is 13.6. The zero-order valence-electron chi connectivity index (χ0n) is 14.5. The predicted molar refractivity (Wildman–Crippen MR) is 102 cm³/mol. The Bertz CT molecular complexity index is 1130. The molecule has 0 aliphatic carbocycles. The summed E-state index contributed by atoms with van der Waals surface area (Å²) in [5, 5.41) is 2.80. The second-order valence-corrected chi connectivity index (χ2v) is 5.93. The van der Waals surface area contributed by atoms with E-state index >= 15 is 0 Å². The monoisotopic (exact) mass is 379 g/mol. The lowest BCUT2D eigenvalue weighted by molar-refractivity contribution is -0.0501. The van der Waals surface area contributed by atoms with E-state index in [1.165, 1.54) is 18.2 Å². The number of fused-ring (bicyclic) bond motifs is 1. The zero-order valence-corrected chi connectivity index (χ0v) is 14.5. The Balaban J connectivity index is 1.77. The smallest absolute Gasteiger partial charge is 0.387 e. The van der Waals surface area contributed by atoms with Crippen molar-refractivity contribution in [2.75, 3.05) is 5.32 Å². The number of hydrogen-bond donors (Lipinski definition) is 1. The molecule has 0 bridgehead atoms. The molecule has 0 aliphatic heterocycles. The fraction of sp³-hybridized carbons (Fsp3) is 0.0476. The first-order valence-corrected chi connectivity index (χ1v) is 8.51. The molecule has 4 aromatic rings. The van der Waals surface area contributed by atoms with Gasteiger partial charge in [0.2, 0.25) is 0 Å². The minimum Gasteiger partial charge on any atom is -0.434 e. The van der Waals surface area contributed by atoms with Gasteiger partial charge < -0.3 is 10.1 Å². The molecule has 0 spiro atoms. The third kappa shape index (κ3) is 3.42. The van der Waals surface area contributed by atoms with Crippen LogP contribution in [0.1, 0.15) is 10.4 Å². The van der Waals surface area contributed by atoms with Crippen LogP contribution in [0.3, 0.4) is 0 Å². The van der Waals surface area contributed by atoms with E-state index in [0.717, 1.165) is 5.56 Å². The van der Waals surface area contributed by atoms with Crippen LogP contribution >= 0.6 is 0 Å². The number of carbonyl (C=O) groups excluding carboxylic acids is 1. The van der Waals surface area contributed by atoms with E-state index in [1.54, 1.807) is 16.7 Å². The van der Waals surface area contributed by atoms with Crippen LogP contribution in [0, 0.1) is 0 Å². The van der Waals surface area contributed by atoms with Crippen molar-refractivity contribution in [2.24, 2.45) is 0 Å². The lowest BCUT2D eigenvalue weighted by Gasteiger charge is -2.12. The van der Waals surface area contributed by atoms with Gasteiger partial charge in [0, 0.05) is 11.8 Å². The molecule has 0 radical (unpaired) electrons. The Morgan fingerprint density at radius 3 is 2.46 bits per heavy atom. The SMILES string of the molecule is O=C(Nc1c(-c2ccccc2)nc2ccccn12)c1ccccc1OC(F)F. The maximum atomic E-state index is 12.9. The van der Waals surface area contributed by atoms with Crippen molar-refractivity contribution in [3.63, 3.8) is 0 Å². The summed E-state index contributed by atoms with van der Waals surface area (Å²) >= 11 is 0. The Morgan fingerprint density at radius 2 is 1.68 bits per heavy atom. The molecule has 5 nitrogen and oxygen atoms in total. The summed E-state index contributed by atoms with van der Waals surface area (Å²) in [5.74, 6) is -0.317. The second kappa shape index (κ2) is 7.48. The lowest BCUT2D eigenvalue weighted by Crippen LogP contribution is -2.16. The highest BCUT2D eigenvalue weighted by molar-refractivity contribution is 6.07. The van der Waals surface area contributed by atoms with Crippen molar-refractivity contribution in [3.8, 4) is 17.0 Å². The van der Waals surface area contributed by atoms with Gasteiger partial charge in [-0.2, -0.15) is 8.78 Å². The van der Waals surface area contributed by atoms with Crippen molar-refractivity contribution < 1.29 is 18.3 Å². The number of para-hydroxylation sites is 1. The summed E-state index contributed by atoms with van der Waals surface area (Å²) in [6, 6.07) is 20.7. The number of benzene rings is 2. The lowest BCUT2D eigenvalue weighted by atomic mass is 10.1. The van der Waals surface area contributed by atoms with Crippen molar-refractivity contribution in [3.05, 3.63) is 84.6 Å². The van der Waals surface area contributed by atoms with Crippen molar-refractivity contribution in [2.45, 2.75) is 6.61 Å². The van der Waals surface area contributed by atoms with Gasteiger partial charge in [0.1, 0.15) is 22.9 Å². The van der Waals surface area contributed by atoms with Gasteiger partial charge in [-0.1, -0.05) is 48.5 Å². The summed E-state index contributed by atoms with van der Waals surface area (Å²) in [6.07, 6.45) is 1.77. The highest BCUT2D eigenvalue weighted by atomic mass is 19.3. The van der Waals surface area contributed by atoms with Gasteiger partial charge in [-0.05, 0) is 24.3 Å². The number of pyridine rings is 1. The Hall–Kier alpha value is -3.74. The van der Waals surface area contributed by atoms with Gasteiger partial charge in [-0.3, -0.25) is 9.20 Å². The van der Waals surface area contributed by atoms with E-state index in [4.69, 9.17) is 0 Å². The molecule has 7 heteroatoms. The maximum Gasteiger partial charge on any atom is 0.387 e. The highest BCUT2D eigenvalue weighted by Gasteiger charge is 2.20. The minimum absolute atomic E-state index is 0.00712. The van der Waals surface area contributed by atoms with Crippen LogP contribution in [0.5, 0.6) is 5.75 Å². The van der Waals surface area contributed by atoms with Gasteiger partial charge in [-0.25, -0.2) is 4.98 Å². The molecule has 140 valence electrons. The summed E-state index contributed by atoms with van der Waals surface area (Å²) in [7, 11) is 0. The number of rotatable bonds is 5. The second-order valence-electron chi connectivity index (χ2n) is 5.93. The van der Waals surface area contributed by atoms with Crippen LogP contribution < -0.4 is 10.1 Å². The summed E-state index contributed by atoms with van der Waals surface area (Å²) in [5.41, 5.74) is 2.05. The minimum atomic E-state index is -3.02. The van der Waals surface area contributed by atoms with Gasteiger partial charge in [0.15, 0.2) is 0 Å². The first-order valence-electron chi connectivity index (χ1n) is 8.51. The number of hydrogen-bond acceptors (Lipinski definition) is 3. The van der Waals surface area contributed by atoms with E-state index in [-0.39, 0.29) is 11.3 Å². The standard InChI is InChI=1S/C21H15F2N3O2/c22-21(23)28-16-11-5-4-10-15(16)20(27)25-19-18(14-8-2-1-3-9-14)24-17-12-6-7-13-26(17)19/h1-13,21H,(H,25,27). The molecule has 1 N–H and O–H groups in total. The van der Waals surface area contributed by atoms with E-state index in [9.17, 15) is 13.6 Å². The molecule has 2 heterocycles. The Labute approximate surface area is 159 Å². The number of halogens is 2. The normalized spacial score (nSPS) is 11.0. The zero-order chi connectivity index (χ0) is 19.5. The van der Waals surface area contributed by atoms with Crippen LogP contribution in [0.25, 0.3) is 16.9 Å². The average Bonchev–Trinajstić information content (AvgIpc) is 3.07. The topological polar surface area (TPSA) is 55.6 Å². The predicted octanol–water partition coefficient (Wildman–Crippen LogP) is 4.86. The van der Waals surface area contributed by atoms with Crippen LogP contribution in [0.15, 0.2) is 79.0 Å². The molecule has 1 amide bonds. The number of aromatic nitrogens is 2. The summed E-state index contributed by atoms with van der Waals surface area (Å²) in [6.45, 7) is -3.02. The Kier molecular flexibility index (Phi) is 4.72. The average molecular weight is 379 g/mol. The maximum absolute atomic E-state index is 12.9. The van der Waals surface area contributed by atoms with E-state index in [1.807, 2.05) is 48.5 Å².